The fraction of sp³-hybridized carbons (Fsp3) is 0.182. The van der Waals surface area contributed by atoms with Crippen LogP contribution in [0.5, 0.6) is 0 Å². The zero-order chi connectivity index (χ0) is 21.0. The molecule has 0 bridgehead atoms. The Labute approximate surface area is 164 Å². The van der Waals surface area contributed by atoms with E-state index in [1.165, 1.54) is 18.2 Å². The van der Waals surface area contributed by atoms with E-state index in [2.05, 4.69) is 5.32 Å². The number of benzene rings is 3. The maximum Gasteiger partial charge on any atom is 0.159 e. The van der Waals surface area contributed by atoms with Crippen molar-refractivity contribution in [2.24, 2.45) is 0 Å². The molecule has 1 N–H and O–H groups in total. The van der Waals surface area contributed by atoms with Gasteiger partial charge >= 0.3 is 0 Å². The molecule has 0 radical (unpaired) electrons. The smallest absolute Gasteiger partial charge is 0.159 e. The van der Waals surface area contributed by atoms with Crippen molar-refractivity contribution in [3.05, 3.63) is 106 Å². The Morgan fingerprint density at radius 1 is 0.655 bits per heavy atom. The van der Waals surface area contributed by atoms with Crippen molar-refractivity contribution >= 4 is 0 Å². The molecule has 152 valence electrons. The standard InChI is InChI=1S/C22H17F6N/c23-16-2-1-3-17(24)15(16)12-29-22(14-6-8-19(26)21(28)11-14)9-5-13-4-7-18(25)20(27)10-13/h1-4,6-8,10-11,22,29H,5,9,12H2. The van der Waals surface area contributed by atoms with E-state index in [0.29, 0.717) is 11.1 Å². The van der Waals surface area contributed by atoms with E-state index in [0.717, 1.165) is 36.4 Å². The third-order valence-electron chi connectivity index (χ3n) is 4.64. The summed E-state index contributed by atoms with van der Waals surface area (Å²) in [5.74, 6) is -5.51. The summed E-state index contributed by atoms with van der Waals surface area (Å²) in [6, 6.07) is 9.64. The lowest BCUT2D eigenvalue weighted by atomic mass is 9.98. The highest BCUT2D eigenvalue weighted by Crippen LogP contribution is 2.23. The lowest BCUT2D eigenvalue weighted by Crippen LogP contribution is -2.23. The minimum absolute atomic E-state index is 0.187. The zero-order valence-electron chi connectivity index (χ0n) is 15.2. The molecule has 1 nitrogen and oxygen atoms in total. The molecular formula is C22H17F6N. The molecule has 0 aliphatic carbocycles. The van der Waals surface area contributed by atoms with E-state index in [1.54, 1.807) is 0 Å². The number of nitrogens with one attached hydrogen (secondary N) is 1. The van der Waals surface area contributed by atoms with Crippen LogP contribution < -0.4 is 5.32 Å². The predicted octanol–water partition coefficient (Wildman–Crippen LogP) is 5.98. The van der Waals surface area contributed by atoms with Gasteiger partial charge in [-0.15, -0.1) is 0 Å². The van der Waals surface area contributed by atoms with Gasteiger partial charge in [0.1, 0.15) is 11.6 Å². The molecule has 3 aromatic carbocycles. The summed E-state index contributed by atoms with van der Waals surface area (Å²) in [5, 5.41) is 2.94. The van der Waals surface area contributed by atoms with Crippen LogP contribution in [0.4, 0.5) is 26.3 Å². The second-order valence-electron chi connectivity index (χ2n) is 6.59. The molecule has 1 unspecified atom stereocenters. The topological polar surface area (TPSA) is 12.0 Å². The van der Waals surface area contributed by atoms with Crippen LogP contribution in [0.3, 0.4) is 0 Å². The van der Waals surface area contributed by atoms with E-state index < -0.39 is 40.9 Å². The molecule has 29 heavy (non-hydrogen) atoms. The molecule has 0 spiro atoms. The SMILES string of the molecule is Fc1ccc(CCC(NCc2c(F)cccc2F)c2ccc(F)c(F)c2)cc1F. The Kier molecular flexibility index (Phi) is 6.59. The number of aryl methyl sites for hydroxylation is 1. The van der Waals surface area contributed by atoms with Gasteiger partial charge in [-0.2, -0.15) is 0 Å². The van der Waals surface area contributed by atoms with Crippen molar-refractivity contribution in [3.63, 3.8) is 0 Å². The highest BCUT2D eigenvalue weighted by Gasteiger charge is 2.17. The molecule has 1 atom stereocenters. The minimum atomic E-state index is -1.06. The molecule has 3 rings (SSSR count). The maximum atomic E-state index is 13.9. The number of hydrogen-bond donors (Lipinski definition) is 1. The molecule has 0 aliphatic heterocycles. The minimum Gasteiger partial charge on any atom is -0.306 e. The average Bonchev–Trinajstić information content (AvgIpc) is 2.68. The summed E-state index contributed by atoms with van der Waals surface area (Å²) in [4.78, 5) is 0. The highest BCUT2D eigenvalue weighted by atomic mass is 19.2. The molecule has 3 aromatic rings. The molecule has 0 heterocycles. The molecule has 0 fully saturated rings. The van der Waals surface area contributed by atoms with Crippen molar-refractivity contribution < 1.29 is 26.3 Å². The van der Waals surface area contributed by atoms with Crippen molar-refractivity contribution in [3.8, 4) is 0 Å². The van der Waals surface area contributed by atoms with Crippen LogP contribution in [0.25, 0.3) is 0 Å². The summed E-state index contributed by atoms with van der Waals surface area (Å²) in [6.07, 6.45) is 0.542. The third-order valence-corrected chi connectivity index (χ3v) is 4.64. The van der Waals surface area contributed by atoms with Gasteiger partial charge in [0.2, 0.25) is 0 Å². The van der Waals surface area contributed by atoms with Gasteiger partial charge in [-0.1, -0.05) is 18.2 Å². The summed E-state index contributed by atoms with van der Waals surface area (Å²) < 4.78 is 81.2. The van der Waals surface area contributed by atoms with Crippen molar-refractivity contribution in [1.29, 1.82) is 0 Å². The Morgan fingerprint density at radius 2 is 1.28 bits per heavy atom. The first-order valence-electron chi connectivity index (χ1n) is 8.90. The lowest BCUT2D eigenvalue weighted by molar-refractivity contribution is 0.462. The first-order chi connectivity index (χ1) is 13.8. The van der Waals surface area contributed by atoms with Gasteiger partial charge in [-0.25, -0.2) is 26.3 Å². The van der Waals surface area contributed by atoms with Gasteiger partial charge in [0.05, 0.1) is 0 Å². The highest BCUT2D eigenvalue weighted by molar-refractivity contribution is 5.24. The number of hydrogen-bond acceptors (Lipinski definition) is 1. The van der Waals surface area contributed by atoms with Gasteiger partial charge in [-0.05, 0) is 60.4 Å². The Bertz CT molecular complexity index is 984. The van der Waals surface area contributed by atoms with E-state index in [-0.39, 0.29) is 24.9 Å². The Hall–Kier alpha value is -2.80. The molecule has 0 aromatic heterocycles. The fourth-order valence-corrected chi connectivity index (χ4v) is 3.05. The first-order valence-corrected chi connectivity index (χ1v) is 8.90. The molecule has 0 aliphatic rings. The van der Waals surface area contributed by atoms with E-state index in [4.69, 9.17) is 0 Å². The van der Waals surface area contributed by atoms with Crippen molar-refractivity contribution in [2.45, 2.75) is 25.4 Å². The van der Waals surface area contributed by atoms with E-state index >= 15 is 0 Å². The number of rotatable bonds is 7. The van der Waals surface area contributed by atoms with Crippen LogP contribution in [0.1, 0.15) is 29.2 Å². The number of halogens is 6. The Morgan fingerprint density at radius 3 is 1.90 bits per heavy atom. The average molecular weight is 409 g/mol. The van der Waals surface area contributed by atoms with Crippen LogP contribution in [0, 0.1) is 34.9 Å². The normalized spacial score (nSPS) is 12.2. The van der Waals surface area contributed by atoms with Crippen molar-refractivity contribution in [1.82, 2.24) is 5.32 Å². The second-order valence-corrected chi connectivity index (χ2v) is 6.59. The summed E-state index contributed by atoms with van der Waals surface area (Å²) in [5.41, 5.74) is 0.673. The van der Waals surface area contributed by atoms with Gasteiger partial charge < -0.3 is 5.32 Å². The largest absolute Gasteiger partial charge is 0.306 e. The maximum absolute atomic E-state index is 13.9. The zero-order valence-corrected chi connectivity index (χ0v) is 15.2. The van der Waals surface area contributed by atoms with Crippen molar-refractivity contribution in [2.75, 3.05) is 0 Å². The van der Waals surface area contributed by atoms with Crippen LogP contribution in [-0.2, 0) is 13.0 Å². The predicted molar refractivity (Wildman–Crippen MR) is 97.0 cm³/mol. The lowest BCUT2D eigenvalue weighted by Gasteiger charge is -2.20. The Balaban J connectivity index is 1.80. The summed E-state index contributed by atoms with van der Waals surface area (Å²) in [7, 11) is 0. The van der Waals surface area contributed by atoms with E-state index in [1.807, 2.05) is 0 Å². The quantitative estimate of drug-likeness (QED) is 0.473. The molecule has 0 amide bonds. The molecule has 0 saturated heterocycles. The molecule has 7 heteroatoms. The van der Waals surface area contributed by atoms with Gasteiger partial charge in [-0.3, -0.25) is 0 Å². The van der Waals surface area contributed by atoms with E-state index in [9.17, 15) is 26.3 Å². The second kappa shape index (κ2) is 9.13. The van der Waals surface area contributed by atoms with Crippen LogP contribution in [-0.4, -0.2) is 0 Å². The van der Waals surface area contributed by atoms with Crippen LogP contribution in [0.15, 0.2) is 54.6 Å². The van der Waals surface area contributed by atoms with Gasteiger partial charge in [0.25, 0.3) is 0 Å². The van der Waals surface area contributed by atoms with Crippen LogP contribution in [0.2, 0.25) is 0 Å². The molecular weight excluding hydrogens is 392 g/mol. The monoisotopic (exact) mass is 409 g/mol. The fourth-order valence-electron chi connectivity index (χ4n) is 3.05. The van der Waals surface area contributed by atoms with Gasteiger partial charge in [0, 0.05) is 18.2 Å². The third kappa shape index (κ3) is 5.17. The first kappa shape index (κ1) is 20.9. The summed E-state index contributed by atoms with van der Waals surface area (Å²) >= 11 is 0. The molecule has 0 saturated carbocycles. The van der Waals surface area contributed by atoms with Crippen LogP contribution >= 0.6 is 0 Å². The summed E-state index contributed by atoms with van der Waals surface area (Å²) in [6.45, 7) is -0.194. The van der Waals surface area contributed by atoms with Gasteiger partial charge in [0.15, 0.2) is 23.3 Å².